The number of nitrogens with one attached hydrogen (secondary N) is 1. The molecule has 1 N–H and O–H groups in total. The van der Waals surface area contributed by atoms with Crippen molar-refractivity contribution in [3.05, 3.63) is 29.8 Å². The summed E-state index contributed by atoms with van der Waals surface area (Å²) in [6.07, 6.45) is 0. The highest BCUT2D eigenvalue weighted by Gasteiger charge is 2.15. The molecule has 0 fully saturated rings. The average Bonchev–Trinajstić information content (AvgIpc) is 2.39. The van der Waals surface area contributed by atoms with Crippen molar-refractivity contribution >= 4 is 6.03 Å². The molecule has 1 aromatic carbocycles. The molecule has 0 atom stereocenters. The summed E-state index contributed by atoms with van der Waals surface area (Å²) in [5, 5.41) is 2.82. The number of hydrogen-bond donors (Lipinski definition) is 1. The van der Waals surface area contributed by atoms with Gasteiger partial charge in [-0.25, -0.2) is 4.79 Å². The molecular formula is C17H28N2O2. The number of aryl methyl sites for hydroxylation is 1. The molecule has 0 saturated carbocycles. The second-order valence-electron chi connectivity index (χ2n) is 6.28. The van der Waals surface area contributed by atoms with Gasteiger partial charge in [-0.1, -0.05) is 45.4 Å². The molecule has 0 saturated heterocycles. The van der Waals surface area contributed by atoms with Crippen LogP contribution in [0.2, 0.25) is 0 Å². The number of benzene rings is 1. The van der Waals surface area contributed by atoms with Gasteiger partial charge in [0.1, 0.15) is 5.75 Å². The molecule has 118 valence electrons. The van der Waals surface area contributed by atoms with Crippen molar-refractivity contribution in [3.8, 4) is 5.75 Å². The number of urea groups is 1. The Morgan fingerprint density at radius 2 is 1.62 bits per heavy atom. The van der Waals surface area contributed by atoms with Crippen molar-refractivity contribution in [2.75, 3.05) is 19.8 Å². The molecule has 0 aromatic heterocycles. The van der Waals surface area contributed by atoms with Crippen LogP contribution in [0.1, 0.15) is 33.3 Å². The first kappa shape index (κ1) is 17.3. The van der Waals surface area contributed by atoms with E-state index in [1.54, 1.807) is 0 Å². The van der Waals surface area contributed by atoms with Crippen molar-refractivity contribution in [1.29, 1.82) is 0 Å². The maximum absolute atomic E-state index is 12.2. The molecule has 0 aliphatic carbocycles. The van der Waals surface area contributed by atoms with E-state index in [1.165, 1.54) is 5.56 Å². The fraction of sp³-hybridized carbons (Fsp3) is 0.588. The van der Waals surface area contributed by atoms with Crippen LogP contribution in [0.25, 0.3) is 0 Å². The SMILES string of the molecule is Cc1ccc(OCNC(=O)N(CC(C)C)CC(C)C)cc1. The maximum atomic E-state index is 12.2. The Bertz CT molecular complexity index is 417. The summed E-state index contributed by atoms with van der Waals surface area (Å²) in [6.45, 7) is 12.2. The predicted octanol–water partition coefficient (Wildman–Crippen LogP) is 3.65. The van der Waals surface area contributed by atoms with Gasteiger partial charge >= 0.3 is 6.03 Å². The van der Waals surface area contributed by atoms with Gasteiger partial charge in [0.05, 0.1) is 0 Å². The lowest BCUT2D eigenvalue weighted by Crippen LogP contribution is -2.44. The van der Waals surface area contributed by atoms with Gasteiger partial charge in [-0.05, 0) is 30.9 Å². The van der Waals surface area contributed by atoms with E-state index >= 15 is 0 Å². The highest BCUT2D eigenvalue weighted by Crippen LogP contribution is 2.10. The topological polar surface area (TPSA) is 41.6 Å². The summed E-state index contributed by atoms with van der Waals surface area (Å²) in [5.41, 5.74) is 1.19. The van der Waals surface area contributed by atoms with E-state index in [0.717, 1.165) is 18.8 Å². The molecule has 2 amide bonds. The first-order valence-electron chi connectivity index (χ1n) is 7.60. The number of nitrogens with zero attached hydrogens (tertiary/aromatic N) is 1. The number of carbonyl (C=O) groups excluding carboxylic acids is 1. The summed E-state index contributed by atoms with van der Waals surface area (Å²) in [5.74, 6) is 1.67. The Morgan fingerprint density at radius 1 is 1.10 bits per heavy atom. The van der Waals surface area contributed by atoms with Crippen LogP contribution < -0.4 is 10.1 Å². The number of rotatable bonds is 7. The van der Waals surface area contributed by atoms with Gasteiger partial charge in [-0.3, -0.25) is 0 Å². The monoisotopic (exact) mass is 292 g/mol. The van der Waals surface area contributed by atoms with Gasteiger partial charge in [0.25, 0.3) is 0 Å². The number of ether oxygens (including phenoxy) is 1. The normalized spacial score (nSPS) is 10.8. The summed E-state index contributed by atoms with van der Waals surface area (Å²) >= 11 is 0. The van der Waals surface area contributed by atoms with Gasteiger partial charge < -0.3 is 15.0 Å². The summed E-state index contributed by atoms with van der Waals surface area (Å²) in [6, 6.07) is 7.72. The number of carbonyl (C=O) groups is 1. The second-order valence-corrected chi connectivity index (χ2v) is 6.28. The standard InChI is InChI=1S/C17H28N2O2/c1-13(2)10-19(11-14(3)4)17(20)18-12-21-16-8-6-15(5)7-9-16/h6-9,13-14H,10-12H2,1-5H3,(H,18,20). The fourth-order valence-corrected chi connectivity index (χ4v) is 2.05. The molecule has 0 aliphatic rings. The minimum atomic E-state index is -0.0653. The third-order valence-electron chi connectivity index (χ3n) is 2.94. The minimum Gasteiger partial charge on any atom is -0.473 e. The van der Waals surface area contributed by atoms with Crippen molar-refractivity contribution < 1.29 is 9.53 Å². The van der Waals surface area contributed by atoms with Crippen LogP contribution >= 0.6 is 0 Å². The molecule has 4 nitrogen and oxygen atoms in total. The van der Waals surface area contributed by atoms with E-state index in [4.69, 9.17) is 4.74 Å². The molecule has 1 aromatic rings. The lowest BCUT2D eigenvalue weighted by molar-refractivity contribution is 0.171. The van der Waals surface area contributed by atoms with Crippen LogP contribution in [0.15, 0.2) is 24.3 Å². The predicted molar refractivity (Wildman–Crippen MR) is 86.5 cm³/mol. The molecule has 1 rings (SSSR count). The smallest absolute Gasteiger partial charge is 0.320 e. The van der Waals surface area contributed by atoms with Gasteiger partial charge in [0.2, 0.25) is 0 Å². The molecule has 0 bridgehead atoms. The van der Waals surface area contributed by atoms with Crippen LogP contribution in [-0.2, 0) is 0 Å². The summed E-state index contributed by atoms with van der Waals surface area (Å²) < 4.78 is 5.53. The van der Waals surface area contributed by atoms with Crippen molar-refractivity contribution in [2.45, 2.75) is 34.6 Å². The van der Waals surface area contributed by atoms with Gasteiger partial charge in [-0.15, -0.1) is 0 Å². The Morgan fingerprint density at radius 3 is 2.10 bits per heavy atom. The zero-order valence-corrected chi connectivity index (χ0v) is 13.8. The summed E-state index contributed by atoms with van der Waals surface area (Å²) in [4.78, 5) is 14.0. The second kappa shape index (κ2) is 8.55. The lowest BCUT2D eigenvalue weighted by Gasteiger charge is -2.26. The minimum absolute atomic E-state index is 0.0653. The van der Waals surface area contributed by atoms with E-state index < -0.39 is 0 Å². The number of amides is 2. The average molecular weight is 292 g/mol. The third kappa shape index (κ3) is 7.02. The van der Waals surface area contributed by atoms with Gasteiger partial charge in [0.15, 0.2) is 6.73 Å². The third-order valence-corrected chi connectivity index (χ3v) is 2.94. The van der Waals surface area contributed by atoms with Crippen molar-refractivity contribution in [2.24, 2.45) is 11.8 Å². The molecular weight excluding hydrogens is 264 g/mol. The Labute approximate surface area is 128 Å². The summed E-state index contributed by atoms with van der Waals surface area (Å²) in [7, 11) is 0. The Balaban J connectivity index is 2.43. The van der Waals surface area contributed by atoms with Crippen LogP contribution in [0, 0.1) is 18.8 Å². The first-order valence-corrected chi connectivity index (χ1v) is 7.60. The molecule has 0 spiro atoms. The molecule has 0 heterocycles. The molecule has 0 radical (unpaired) electrons. The lowest BCUT2D eigenvalue weighted by atomic mass is 10.1. The quantitative estimate of drug-likeness (QED) is 0.779. The zero-order chi connectivity index (χ0) is 15.8. The van der Waals surface area contributed by atoms with Gasteiger partial charge in [-0.2, -0.15) is 0 Å². The van der Waals surface area contributed by atoms with Gasteiger partial charge in [0, 0.05) is 13.1 Å². The van der Waals surface area contributed by atoms with Crippen LogP contribution in [0.4, 0.5) is 4.79 Å². The van der Waals surface area contributed by atoms with Crippen LogP contribution in [0.5, 0.6) is 5.75 Å². The van der Waals surface area contributed by atoms with E-state index in [9.17, 15) is 4.79 Å². The van der Waals surface area contributed by atoms with Crippen molar-refractivity contribution in [1.82, 2.24) is 10.2 Å². The number of hydrogen-bond acceptors (Lipinski definition) is 2. The Kier molecular flexibility index (Phi) is 7.06. The Hall–Kier alpha value is -1.71. The fourth-order valence-electron chi connectivity index (χ4n) is 2.05. The maximum Gasteiger partial charge on any atom is 0.320 e. The van der Waals surface area contributed by atoms with E-state index in [0.29, 0.717) is 11.8 Å². The highest BCUT2D eigenvalue weighted by molar-refractivity contribution is 5.74. The van der Waals surface area contributed by atoms with Crippen LogP contribution in [-0.4, -0.2) is 30.8 Å². The molecule has 21 heavy (non-hydrogen) atoms. The molecule has 4 heteroatoms. The molecule has 0 unspecified atom stereocenters. The van der Waals surface area contributed by atoms with E-state index in [1.807, 2.05) is 36.1 Å². The largest absolute Gasteiger partial charge is 0.473 e. The van der Waals surface area contributed by atoms with Crippen molar-refractivity contribution in [3.63, 3.8) is 0 Å². The first-order chi connectivity index (χ1) is 9.88. The van der Waals surface area contributed by atoms with E-state index in [2.05, 4.69) is 33.0 Å². The zero-order valence-electron chi connectivity index (χ0n) is 13.8. The van der Waals surface area contributed by atoms with E-state index in [-0.39, 0.29) is 12.8 Å². The molecule has 0 aliphatic heterocycles. The van der Waals surface area contributed by atoms with Crippen LogP contribution in [0.3, 0.4) is 0 Å². The highest BCUT2D eigenvalue weighted by atomic mass is 16.5.